The van der Waals surface area contributed by atoms with Crippen LogP contribution in [0.1, 0.15) is 30.0 Å². The number of hydrogen-bond acceptors (Lipinski definition) is 3. The van der Waals surface area contributed by atoms with Gasteiger partial charge < -0.3 is 14.6 Å². The largest absolute Gasteiger partial charge is 0.457 e. The van der Waals surface area contributed by atoms with Gasteiger partial charge >= 0.3 is 0 Å². The number of nitrogens with one attached hydrogen (secondary N) is 1. The second kappa shape index (κ2) is 10.1. The molecule has 0 unspecified atom stereocenters. The molecule has 30 heavy (non-hydrogen) atoms. The summed E-state index contributed by atoms with van der Waals surface area (Å²) in [6, 6.07) is 20.2. The Hall–Kier alpha value is -3.12. The van der Waals surface area contributed by atoms with Gasteiger partial charge in [-0.25, -0.2) is 0 Å². The van der Waals surface area contributed by atoms with Crippen molar-refractivity contribution in [3.8, 4) is 11.3 Å². The van der Waals surface area contributed by atoms with E-state index in [-0.39, 0.29) is 17.5 Å². The van der Waals surface area contributed by atoms with Crippen LogP contribution in [0.3, 0.4) is 0 Å². The van der Waals surface area contributed by atoms with Gasteiger partial charge in [-0.05, 0) is 50.2 Å². The molecule has 3 rings (SSSR count). The molecule has 0 atom stereocenters. The fourth-order valence-corrected chi connectivity index (χ4v) is 3.22. The number of likely N-dealkylation sites (N-methyl/N-ethyl adjacent to an activating group) is 1. The van der Waals surface area contributed by atoms with Crippen LogP contribution in [-0.4, -0.2) is 29.8 Å². The van der Waals surface area contributed by atoms with E-state index in [4.69, 9.17) is 4.42 Å². The van der Waals surface area contributed by atoms with Gasteiger partial charge in [0.15, 0.2) is 0 Å². The van der Waals surface area contributed by atoms with Crippen LogP contribution in [0.15, 0.2) is 81.3 Å². The molecular formula is C24H23BrN2O3. The topological polar surface area (TPSA) is 62.6 Å². The Morgan fingerprint density at radius 1 is 0.967 bits per heavy atom. The van der Waals surface area contributed by atoms with Crippen LogP contribution < -0.4 is 5.32 Å². The van der Waals surface area contributed by atoms with Gasteiger partial charge in [-0.1, -0.05) is 46.3 Å². The van der Waals surface area contributed by atoms with E-state index < -0.39 is 0 Å². The van der Waals surface area contributed by atoms with Crippen LogP contribution >= 0.6 is 15.9 Å². The van der Waals surface area contributed by atoms with Gasteiger partial charge in [-0.3, -0.25) is 9.59 Å². The Kier molecular flexibility index (Phi) is 7.25. The highest BCUT2D eigenvalue weighted by Crippen LogP contribution is 2.25. The van der Waals surface area contributed by atoms with Crippen LogP contribution in [-0.2, 0) is 4.79 Å². The molecule has 0 saturated carbocycles. The summed E-state index contributed by atoms with van der Waals surface area (Å²) in [5.41, 5.74) is 1.57. The Morgan fingerprint density at radius 3 is 2.27 bits per heavy atom. The second-order valence-electron chi connectivity index (χ2n) is 6.56. The summed E-state index contributed by atoms with van der Waals surface area (Å²) in [5.74, 6) is 0.558. The summed E-state index contributed by atoms with van der Waals surface area (Å²) in [4.78, 5) is 27.3. The van der Waals surface area contributed by atoms with E-state index in [0.29, 0.717) is 30.2 Å². The number of amides is 2. The van der Waals surface area contributed by atoms with Crippen molar-refractivity contribution in [2.45, 2.75) is 13.8 Å². The third-order valence-corrected chi connectivity index (χ3v) is 5.14. The average Bonchev–Trinajstić information content (AvgIpc) is 3.23. The number of hydrogen-bond donors (Lipinski definition) is 1. The fraction of sp³-hybridized carbons (Fsp3) is 0.167. The predicted molar refractivity (Wildman–Crippen MR) is 122 cm³/mol. The number of furan rings is 1. The van der Waals surface area contributed by atoms with E-state index in [9.17, 15) is 9.59 Å². The van der Waals surface area contributed by atoms with Crippen LogP contribution in [0, 0.1) is 0 Å². The summed E-state index contributed by atoms with van der Waals surface area (Å²) in [7, 11) is 0. The number of rotatable bonds is 7. The standard InChI is InChI=1S/C24H23BrN2O3/c1-3-27(4-2)24(29)21(26-23(28)18-8-6-5-7-9-18)16-20-14-15-22(30-20)17-10-12-19(25)13-11-17/h5-16H,3-4H2,1-2H3,(H,26,28)/b21-16-. The Balaban J connectivity index is 1.91. The van der Waals surface area contributed by atoms with E-state index in [2.05, 4.69) is 21.2 Å². The van der Waals surface area contributed by atoms with Crippen LogP contribution in [0.25, 0.3) is 17.4 Å². The zero-order valence-electron chi connectivity index (χ0n) is 16.9. The van der Waals surface area contributed by atoms with E-state index in [1.807, 2.05) is 50.2 Å². The van der Waals surface area contributed by atoms with Crippen LogP contribution in [0.5, 0.6) is 0 Å². The first-order valence-corrected chi connectivity index (χ1v) is 10.5. The molecule has 0 radical (unpaired) electrons. The molecule has 0 aliphatic rings. The van der Waals surface area contributed by atoms with E-state index in [0.717, 1.165) is 10.0 Å². The molecule has 0 saturated heterocycles. The van der Waals surface area contributed by atoms with Crippen molar-refractivity contribution >= 4 is 33.8 Å². The number of carbonyl (C=O) groups is 2. The first-order valence-electron chi connectivity index (χ1n) is 9.75. The minimum absolute atomic E-state index is 0.171. The summed E-state index contributed by atoms with van der Waals surface area (Å²) >= 11 is 3.42. The van der Waals surface area contributed by atoms with Gasteiger partial charge in [-0.2, -0.15) is 0 Å². The molecule has 2 amide bonds. The molecule has 0 aliphatic heterocycles. The minimum atomic E-state index is -0.345. The molecule has 0 aliphatic carbocycles. The fourth-order valence-electron chi connectivity index (χ4n) is 2.96. The zero-order valence-corrected chi connectivity index (χ0v) is 18.5. The van der Waals surface area contributed by atoms with E-state index >= 15 is 0 Å². The Labute approximate surface area is 184 Å². The lowest BCUT2D eigenvalue weighted by Gasteiger charge is -2.20. The molecule has 0 fully saturated rings. The predicted octanol–water partition coefficient (Wildman–Crippen LogP) is 5.35. The summed E-state index contributed by atoms with van der Waals surface area (Å²) in [6.07, 6.45) is 1.57. The van der Waals surface area contributed by atoms with Crippen molar-refractivity contribution in [3.63, 3.8) is 0 Å². The third kappa shape index (κ3) is 5.27. The molecule has 1 aromatic heterocycles. The van der Waals surface area contributed by atoms with Crippen LogP contribution in [0.4, 0.5) is 0 Å². The minimum Gasteiger partial charge on any atom is -0.457 e. The Morgan fingerprint density at radius 2 is 1.63 bits per heavy atom. The molecular weight excluding hydrogens is 444 g/mol. The third-order valence-electron chi connectivity index (χ3n) is 4.61. The van der Waals surface area contributed by atoms with Crippen molar-refractivity contribution in [2.75, 3.05) is 13.1 Å². The first-order chi connectivity index (χ1) is 14.5. The van der Waals surface area contributed by atoms with Crippen molar-refractivity contribution < 1.29 is 14.0 Å². The van der Waals surface area contributed by atoms with E-state index in [1.54, 1.807) is 41.3 Å². The molecule has 0 bridgehead atoms. The maximum atomic E-state index is 13.0. The molecule has 3 aromatic rings. The molecule has 1 heterocycles. The lowest BCUT2D eigenvalue weighted by atomic mass is 10.2. The molecule has 5 nitrogen and oxygen atoms in total. The van der Waals surface area contributed by atoms with Gasteiger partial charge in [0, 0.05) is 34.8 Å². The van der Waals surface area contributed by atoms with Gasteiger partial charge in [0.2, 0.25) is 0 Å². The first kappa shape index (κ1) is 21.6. The molecule has 154 valence electrons. The SMILES string of the molecule is CCN(CC)C(=O)/C(=C/c1ccc(-c2ccc(Br)cc2)o1)NC(=O)c1ccccc1. The normalized spacial score (nSPS) is 11.2. The summed E-state index contributed by atoms with van der Waals surface area (Å²) in [6.45, 7) is 4.87. The zero-order chi connectivity index (χ0) is 21.5. The highest BCUT2D eigenvalue weighted by Gasteiger charge is 2.19. The lowest BCUT2D eigenvalue weighted by Crippen LogP contribution is -2.38. The van der Waals surface area contributed by atoms with Crippen LogP contribution in [0.2, 0.25) is 0 Å². The second-order valence-corrected chi connectivity index (χ2v) is 7.48. The monoisotopic (exact) mass is 466 g/mol. The number of carbonyl (C=O) groups excluding carboxylic acids is 2. The molecule has 0 spiro atoms. The highest BCUT2D eigenvalue weighted by molar-refractivity contribution is 9.10. The average molecular weight is 467 g/mol. The maximum Gasteiger partial charge on any atom is 0.270 e. The van der Waals surface area contributed by atoms with Crippen molar-refractivity contribution in [1.82, 2.24) is 10.2 Å². The summed E-state index contributed by atoms with van der Waals surface area (Å²) < 4.78 is 6.89. The number of benzene rings is 2. The van der Waals surface area contributed by atoms with Gasteiger partial charge in [0.25, 0.3) is 11.8 Å². The molecule has 6 heteroatoms. The number of halogens is 1. The smallest absolute Gasteiger partial charge is 0.270 e. The summed E-state index contributed by atoms with van der Waals surface area (Å²) in [5, 5.41) is 2.75. The lowest BCUT2D eigenvalue weighted by molar-refractivity contribution is -0.127. The number of nitrogens with zero attached hydrogens (tertiary/aromatic N) is 1. The van der Waals surface area contributed by atoms with Gasteiger partial charge in [0.1, 0.15) is 17.2 Å². The molecule has 1 N–H and O–H groups in total. The Bertz CT molecular complexity index is 1040. The highest BCUT2D eigenvalue weighted by atomic mass is 79.9. The van der Waals surface area contributed by atoms with Crippen molar-refractivity contribution in [3.05, 3.63) is 88.2 Å². The quantitative estimate of drug-likeness (QED) is 0.477. The maximum absolute atomic E-state index is 13.0. The van der Waals surface area contributed by atoms with E-state index in [1.165, 1.54) is 0 Å². The van der Waals surface area contributed by atoms with Gasteiger partial charge in [0.05, 0.1) is 0 Å². The van der Waals surface area contributed by atoms with Gasteiger partial charge in [-0.15, -0.1) is 0 Å². The molecule has 2 aromatic carbocycles. The van der Waals surface area contributed by atoms with Crippen molar-refractivity contribution in [1.29, 1.82) is 0 Å². The van der Waals surface area contributed by atoms with Crippen molar-refractivity contribution in [2.24, 2.45) is 0 Å².